The van der Waals surface area contributed by atoms with Crippen LogP contribution in [0.3, 0.4) is 0 Å². The minimum absolute atomic E-state index is 0. The summed E-state index contributed by atoms with van der Waals surface area (Å²) in [7, 11) is 0. The topological polar surface area (TPSA) is 75.6 Å². The molecule has 0 aromatic heterocycles. The van der Waals surface area contributed by atoms with Crippen LogP contribution in [0, 0.1) is 6.92 Å². The number of rotatable bonds is 11. The summed E-state index contributed by atoms with van der Waals surface area (Å²) in [5.41, 5.74) is 5.23. The Morgan fingerprint density at radius 3 is 2.42 bits per heavy atom. The van der Waals surface area contributed by atoms with Gasteiger partial charge in [-0.15, -0.1) is 0 Å². The number of aliphatic carboxylic acids is 1. The quantitative estimate of drug-likeness (QED) is 0.243. The molecule has 4 rings (SSSR count). The Bertz CT molecular complexity index is 1400. The molecule has 0 fully saturated rings. The molecule has 0 heterocycles. The summed E-state index contributed by atoms with van der Waals surface area (Å²) in [5.74, 6) is -0.775. The summed E-state index contributed by atoms with van der Waals surface area (Å²) in [4.78, 5) is 25.0. The first-order valence-corrected chi connectivity index (χ1v) is 13.6. The molecule has 38 heavy (non-hydrogen) atoms. The Hall–Kier alpha value is -3.01. The summed E-state index contributed by atoms with van der Waals surface area (Å²) in [5, 5.41) is 14.7. The van der Waals surface area contributed by atoms with Gasteiger partial charge in [-0.1, -0.05) is 72.8 Å². The van der Waals surface area contributed by atoms with Crippen LogP contribution in [0.25, 0.3) is 21.9 Å². The van der Waals surface area contributed by atoms with E-state index in [2.05, 4.69) is 29.6 Å². The van der Waals surface area contributed by atoms with Crippen LogP contribution in [0.5, 0.6) is 0 Å². The summed E-state index contributed by atoms with van der Waals surface area (Å²) in [6, 6.07) is 27.0. The van der Waals surface area contributed by atoms with Gasteiger partial charge in [0.1, 0.15) is 6.04 Å². The molecule has 0 spiro atoms. The molecule has 0 aliphatic carbocycles. The van der Waals surface area contributed by atoms with Crippen molar-refractivity contribution in [1.82, 2.24) is 5.32 Å². The van der Waals surface area contributed by atoms with Crippen LogP contribution in [-0.2, 0) is 22.7 Å². The third kappa shape index (κ3) is 7.30. The molecule has 0 unspecified atom stereocenters. The normalized spacial score (nSPS) is 11.5. The van der Waals surface area contributed by atoms with Crippen LogP contribution in [0.4, 0.5) is 0 Å². The van der Waals surface area contributed by atoms with Gasteiger partial charge in [-0.25, -0.2) is 4.79 Å². The van der Waals surface area contributed by atoms with Crippen molar-refractivity contribution in [2.75, 3.05) is 12.0 Å². The van der Waals surface area contributed by atoms with Crippen LogP contribution in [0.1, 0.15) is 33.5 Å². The summed E-state index contributed by atoms with van der Waals surface area (Å²) in [6.07, 6.45) is 2.28. The van der Waals surface area contributed by atoms with E-state index < -0.39 is 17.9 Å². The van der Waals surface area contributed by atoms with Crippen molar-refractivity contribution in [1.29, 1.82) is 0 Å². The predicted molar refractivity (Wildman–Crippen MR) is 158 cm³/mol. The third-order valence-corrected chi connectivity index (χ3v) is 7.03. The van der Waals surface area contributed by atoms with Crippen molar-refractivity contribution < 1.29 is 19.4 Å². The van der Waals surface area contributed by atoms with Crippen molar-refractivity contribution >= 4 is 53.3 Å². The molecular weight excluding hydrogens is 489 g/mol. The Morgan fingerprint density at radius 2 is 1.66 bits per heavy atom. The van der Waals surface area contributed by atoms with E-state index in [-0.39, 0.29) is 18.9 Å². The summed E-state index contributed by atoms with van der Waals surface area (Å²) >= 11 is 1.55. The molecule has 0 bridgehead atoms. The number of carboxylic acids is 1. The van der Waals surface area contributed by atoms with Gasteiger partial charge in [0.15, 0.2) is 0 Å². The molecule has 192 valence electrons. The van der Waals surface area contributed by atoms with Crippen molar-refractivity contribution in [3.8, 4) is 11.1 Å². The average molecular weight is 522 g/mol. The first-order valence-electron chi connectivity index (χ1n) is 12.2. The molecular formula is C31H32LiNO4S. The number of fused-ring (bicyclic) bond motifs is 1. The average Bonchev–Trinajstić information content (AvgIpc) is 2.91. The molecule has 0 saturated carbocycles. The maximum atomic E-state index is 13.3. The Labute approximate surface area is 240 Å². The summed E-state index contributed by atoms with van der Waals surface area (Å²) < 4.78 is 6.10. The second-order valence-electron chi connectivity index (χ2n) is 8.97. The predicted octanol–water partition coefficient (Wildman–Crippen LogP) is 5.82. The number of carbonyl (C=O) groups is 2. The second kappa shape index (κ2) is 14.2. The number of carboxylic acid groups (broad SMARTS) is 1. The molecule has 4 aromatic carbocycles. The third-order valence-electron chi connectivity index (χ3n) is 6.38. The van der Waals surface area contributed by atoms with E-state index in [1.54, 1.807) is 17.8 Å². The minimum atomic E-state index is -1.03. The van der Waals surface area contributed by atoms with Crippen molar-refractivity contribution in [2.45, 2.75) is 32.6 Å². The van der Waals surface area contributed by atoms with E-state index >= 15 is 0 Å². The van der Waals surface area contributed by atoms with Gasteiger partial charge in [0, 0.05) is 5.56 Å². The fraction of sp³-hybridized carbons (Fsp3) is 0.226. The SMILES string of the molecule is CSCC[C@H](NC(=O)c1ccc(COCc2cccc3ccccc23)cc1-c1ccccc1C)C(=O)O.[LiH]. The number of thioether (sulfide) groups is 1. The molecule has 2 N–H and O–H groups in total. The molecule has 0 aliphatic heterocycles. The van der Waals surface area contributed by atoms with E-state index in [1.807, 2.05) is 67.8 Å². The van der Waals surface area contributed by atoms with Crippen LogP contribution in [0.15, 0.2) is 84.9 Å². The zero-order chi connectivity index (χ0) is 26.2. The number of amides is 1. The van der Waals surface area contributed by atoms with Gasteiger partial charge < -0.3 is 15.2 Å². The molecule has 5 nitrogen and oxygen atoms in total. The van der Waals surface area contributed by atoms with Crippen molar-refractivity contribution in [3.63, 3.8) is 0 Å². The molecule has 1 amide bonds. The number of aryl methyl sites for hydroxylation is 1. The van der Waals surface area contributed by atoms with E-state index in [9.17, 15) is 14.7 Å². The molecule has 0 radical (unpaired) electrons. The van der Waals surface area contributed by atoms with Gasteiger partial charge >= 0.3 is 24.8 Å². The van der Waals surface area contributed by atoms with Crippen LogP contribution < -0.4 is 5.32 Å². The van der Waals surface area contributed by atoms with E-state index in [0.29, 0.717) is 31.0 Å². The molecule has 7 heteroatoms. The number of carbonyl (C=O) groups excluding carboxylic acids is 1. The zero-order valence-electron chi connectivity index (χ0n) is 21.1. The van der Waals surface area contributed by atoms with Crippen LogP contribution >= 0.6 is 11.8 Å². The van der Waals surface area contributed by atoms with Crippen molar-refractivity contribution in [3.05, 3.63) is 107 Å². The van der Waals surface area contributed by atoms with Crippen LogP contribution in [0.2, 0.25) is 0 Å². The molecule has 0 saturated heterocycles. The Kier molecular flexibility index (Phi) is 11.1. The zero-order valence-corrected chi connectivity index (χ0v) is 21.9. The summed E-state index contributed by atoms with van der Waals surface area (Å²) in [6.45, 7) is 2.85. The number of ether oxygens (including phenoxy) is 1. The van der Waals surface area contributed by atoms with Gasteiger partial charge in [0.05, 0.1) is 13.2 Å². The number of benzene rings is 4. The van der Waals surface area contributed by atoms with Gasteiger partial charge in [-0.2, -0.15) is 11.8 Å². The van der Waals surface area contributed by atoms with E-state index in [1.165, 1.54) is 10.8 Å². The number of hydrogen-bond donors (Lipinski definition) is 2. The second-order valence-corrected chi connectivity index (χ2v) is 9.96. The number of hydrogen-bond acceptors (Lipinski definition) is 4. The van der Waals surface area contributed by atoms with Crippen LogP contribution in [-0.4, -0.2) is 53.9 Å². The number of nitrogens with one attached hydrogen (secondary N) is 1. The first-order chi connectivity index (χ1) is 18.0. The first kappa shape index (κ1) is 29.5. The fourth-order valence-corrected chi connectivity index (χ4v) is 4.87. The Morgan fingerprint density at radius 1 is 0.921 bits per heavy atom. The van der Waals surface area contributed by atoms with Gasteiger partial charge in [0.2, 0.25) is 0 Å². The van der Waals surface area contributed by atoms with Gasteiger partial charge in [-0.05, 0) is 76.1 Å². The molecule has 1 atom stereocenters. The fourth-order valence-electron chi connectivity index (χ4n) is 4.40. The standard InChI is InChI=1S/C31H31NO4S.Li.H/c1-21-8-3-5-12-25(21)28-18-22(14-15-27(28)30(33)32-29(31(34)35)16-17-37-2)19-36-20-24-11-7-10-23-9-4-6-13-26(23)24;;/h3-15,18,29H,16-17,19-20H2,1-2H3,(H,32,33)(H,34,35);;/t29-;;/m0../s1. The van der Waals surface area contributed by atoms with Gasteiger partial charge in [-0.3, -0.25) is 4.79 Å². The van der Waals surface area contributed by atoms with E-state index in [4.69, 9.17) is 4.74 Å². The maximum absolute atomic E-state index is 13.3. The monoisotopic (exact) mass is 521 g/mol. The van der Waals surface area contributed by atoms with Crippen molar-refractivity contribution in [2.24, 2.45) is 0 Å². The van der Waals surface area contributed by atoms with E-state index in [0.717, 1.165) is 27.8 Å². The Balaban J connectivity index is 0.00000400. The molecule has 0 aliphatic rings. The van der Waals surface area contributed by atoms with Gasteiger partial charge in [0.25, 0.3) is 5.91 Å². The molecule has 4 aromatic rings.